The first-order chi connectivity index (χ1) is 15.7. The molecule has 3 saturated heterocycles. The number of hydroxylamine groups is 2. The first-order valence-corrected chi connectivity index (χ1v) is 12.4. The van der Waals surface area contributed by atoms with E-state index in [0.29, 0.717) is 25.3 Å². The quantitative estimate of drug-likeness (QED) is 0.636. The van der Waals surface area contributed by atoms with Crippen LogP contribution in [0, 0.1) is 5.92 Å². The fourth-order valence-corrected chi connectivity index (χ4v) is 5.10. The lowest BCUT2D eigenvalue weighted by molar-refractivity contribution is -0.140. The van der Waals surface area contributed by atoms with Gasteiger partial charge in [-0.15, -0.1) is 0 Å². The largest absolute Gasteiger partial charge is 0.352 e. The molecule has 1 aromatic rings. The molecule has 1 unspecified atom stereocenters. The van der Waals surface area contributed by atoms with Crippen molar-refractivity contribution in [2.45, 2.75) is 57.5 Å². The molecule has 3 fully saturated rings. The lowest BCUT2D eigenvalue weighted by Crippen LogP contribution is -2.40. The van der Waals surface area contributed by atoms with Gasteiger partial charge in [-0.1, -0.05) is 30.3 Å². The van der Waals surface area contributed by atoms with Crippen LogP contribution >= 0.6 is 0 Å². The monoisotopic (exact) mass is 442 g/mol. The number of hydrogen-bond acceptors (Lipinski definition) is 5. The number of piperidine rings is 1. The normalized spacial score (nSPS) is 23.0. The Morgan fingerprint density at radius 2 is 1.81 bits per heavy atom. The minimum Gasteiger partial charge on any atom is -0.352 e. The smallest absolute Gasteiger partial charge is 0.223 e. The summed E-state index contributed by atoms with van der Waals surface area (Å²) in [6.07, 6.45) is 6.16. The molecule has 2 amide bonds. The van der Waals surface area contributed by atoms with Gasteiger partial charge in [-0.25, -0.2) is 0 Å². The van der Waals surface area contributed by atoms with Gasteiger partial charge in [0.15, 0.2) is 0 Å². The van der Waals surface area contributed by atoms with E-state index < -0.39 is 0 Å². The molecule has 3 heterocycles. The third kappa shape index (κ3) is 7.02. The summed E-state index contributed by atoms with van der Waals surface area (Å²) in [5.41, 5.74) is 1.33. The predicted molar refractivity (Wildman–Crippen MR) is 124 cm³/mol. The Morgan fingerprint density at radius 3 is 2.56 bits per heavy atom. The average molecular weight is 443 g/mol. The molecule has 1 atom stereocenters. The molecule has 0 spiro atoms. The highest BCUT2D eigenvalue weighted by Crippen LogP contribution is 2.23. The Balaban J connectivity index is 1.07. The number of carbonyl (C=O) groups is 2. The van der Waals surface area contributed by atoms with Gasteiger partial charge in [0.25, 0.3) is 0 Å². The number of carbonyl (C=O) groups excluding carboxylic acids is 2. The van der Waals surface area contributed by atoms with E-state index in [0.717, 1.165) is 78.0 Å². The molecular weight excluding hydrogens is 404 g/mol. The van der Waals surface area contributed by atoms with Crippen molar-refractivity contribution < 1.29 is 14.4 Å². The molecule has 0 saturated carbocycles. The van der Waals surface area contributed by atoms with E-state index in [1.54, 1.807) is 0 Å². The number of likely N-dealkylation sites (tertiary alicyclic amines) is 2. The van der Waals surface area contributed by atoms with Crippen molar-refractivity contribution in [3.63, 3.8) is 0 Å². The minimum atomic E-state index is 0.181. The summed E-state index contributed by atoms with van der Waals surface area (Å²) >= 11 is 0. The van der Waals surface area contributed by atoms with Gasteiger partial charge >= 0.3 is 0 Å². The van der Waals surface area contributed by atoms with Crippen LogP contribution in [-0.4, -0.2) is 78.6 Å². The Kier molecular flexibility index (Phi) is 8.54. The molecular formula is C25H38N4O3. The number of nitrogens with one attached hydrogen (secondary N) is 1. The van der Waals surface area contributed by atoms with Gasteiger partial charge in [0.2, 0.25) is 11.8 Å². The molecule has 1 N–H and O–H groups in total. The molecule has 32 heavy (non-hydrogen) atoms. The fourth-order valence-electron chi connectivity index (χ4n) is 5.10. The summed E-state index contributed by atoms with van der Waals surface area (Å²) in [5.74, 6) is 0.962. The molecule has 0 aromatic heterocycles. The zero-order valence-electron chi connectivity index (χ0n) is 19.2. The van der Waals surface area contributed by atoms with Crippen LogP contribution in [0.1, 0.15) is 50.5 Å². The van der Waals surface area contributed by atoms with Gasteiger partial charge in [-0.3, -0.25) is 19.3 Å². The third-order valence-electron chi connectivity index (χ3n) is 7.03. The summed E-state index contributed by atoms with van der Waals surface area (Å²) in [4.78, 5) is 34.8. The van der Waals surface area contributed by atoms with Crippen molar-refractivity contribution in [3.8, 4) is 0 Å². The summed E-state index contributed by atoms with van der Waals surface area (Å²) in [6.45, 7) is 6.98. The topological polar surface area (TPSA) is 65.1 Å². The van der Waals surface area contributed by atoms with Crippen molar-refractivity contribution in [1.82, 2.24) is 20.2 Å². The van der Waals surface area contributed by atoms with Gasteiger partial charge < -0.3 is 10.2 Å². The van der Waals surface area contributed by atoms with E-state index in [4.69, 9.17) is 4.84 Å². The van der Waals surface area contributed by atoms with E-state index in [9.17, 15) is 9.59 Å². The van der Waals surface area contributed by atoms with Gasteiger partial charge in [-0.2, -0.15) is 5.06 Å². The molecule has 0 radical (unpaired) electrons. The summed E-state index contributed by atoms with van der Waals surface area (Å²) in [5, 5.41) is 5.15. The van der Waals surface area contributed by atoms with Crippen LogP contribution < -0.4 is 5.32 Å². The second-order valence-electron chi connectivity index (χ2n) is 9.50. The summed E-state index contributed by atoms with van der Waals surface area (Å²) in [6, 6.07) is 10.8. The SMILES string of the molecule is O=C(CCC1CCN(C(=O)CCN2CCCO2)CC1)NC1CCN(Cc2ccccc2)C1. The molecule has 4 rings (SSSR count). The lowest BCUT2D eigenvalue weighted by atomic mass is 9.92. The Morgan fingerprint density at radius 1 is 1.00 bits per heavy atom. The number of hydrogen-bond donors (Lipinski definition) is 1. The first-order valence-electron chi connectivity index (χ1n) is 12.4. The maximum Gasteiger partial charge on any atom is 0.223 e. The number of rotatable bonds is 9. The maximum absolute atomic E-state index is 12.5. The predicted octanol–water partition coefficient (Wildman–Crippen LogP) is 2.42. The van der Waals surface area contributed by atoms with Crippen molar-refractivity contribution in [2.24, 2.45) is 5.92 Å². The van der Waals surface area contributed by atoms with Crippen molar-refractivity contribution in [3.05, 3.63) is 35.9 Å². The molecule has 176 valence electrons. The van der Waals surface area contributed by atoms with Crippen LogP contribution in [0.2, 0.25) is 0 Å². The highest BCUT2D eigenvalue weighted by molar-refractivity contribution is 5.77. The molecule has 3 aliphatic rings. The molecule has 3 aliphatic heterocycles. The molecule has 0 bridgehead atoms. The molecule has 1 aromatic carbocycles. The molecule has 7 heteroatoms. The second kappa shape index (κ2) is 11.8. The van der Waals surface area contributed by atoms with Crippen molar-refractivity contribution in [2.75, 3.05) is 45.9 Å². The minimum absolute atomic E-state index is 0.181. The van der Waals surface area contributed by atoms with E-state index in [1.807, 2.05) is 16.0 Å². The number of nitrogens with zero attached hydrogens (tertiary/aromatic N) is 3. The average Bonchev–Trinajstić information content (AvgIpc) is 3.49. The van der Waals surface area contributed by atoms with Gasteiger partial charge in [-0.05, 0) is 43.6 Å². The van der Waals surface area contributed by atoms with Gasteiger partial charge in [0, 0.05) is 64.7 Å². The standard InChI is InChI=1S/C25H38N4O3/c30-24(26-23-11-14-27(20-23)19-22-5-2-1-3-6-22)8-7-21-9-15-28(16-10-21)25(31)12-17-29-13-4-18-32-29/h1-3,5-6,21,23H,4,7-20H2,(H,26,30). The number of amides is 2. The Bertz CT molecular complexity index is 730. The van der Waals surface area contributed by atoms with Crippen molar-refractivity contribution in [1.29, 1.82) is 0 Å². The highest BCUT2D eigenvalue weighted by Gasteiger charge is 2.26. The number of benzene rings is 1. The van der Waals surface area contributed by atoms with E-state index in [-0.39, 0.29) is 17.9 Å². The lowest BCUT2D eigenvalue weighted by Gasteiger charge is -2.32. The van der Waals surface area contributed by atoms with Crippen LogP contribution in [0.25, 0.3) is 0 Å². The van der Waals surface area contributed by atoms with Crippen LogP contribution in [-0.2, 0) is 21.0 Å². The van der Waals surface area contributed by atoms with E-state index in [2.05, 4.69) is 34.5 Å². The van der Waals surface area contributed by atoms with E-state index in [1.165, 1.54) is 5.56 Å². The van der Waals surface area contributed by atoms with Crippen LogP contribution in [0.15, 0.2) is 30.3 Å². The maximum atomic E-state index is 12.5. The Labute approximate surface area is 192 Å². The first kappa shape index (κ1) is 23.2. The highest BCUT2D eigenvalue weighted by atomic mass is 16.7. The summed E-state index contributed by atoms with van der Waals surface area (Å²) < 4.78 is 0. The van der Waals surface area contributed by atoms with Gasteiger partial charge in [0.1, 0.15) is 0 Å². The Hall–Kier alpha value is -1.96. The van der Waals surface area contributed by atoms with Gasteiger partial charge in [0.05, 0.1) is 6.61 Å². The summed E-state index contributed by atoms with van der Waals surface area (Å²) in [7, 11) is 0. The van der Waals surface area contributed by atoms with Crippen molar-refractivity contribution >= 4 is 11.8 Å². The van der Waals surface area contributed by atoms with Crippen LogP contribution in [0.3, 0.4) is 0 Å². The zero-order valence-corrected chi connectivity index (χ0v) is 19.2. The molecule has 0 aliphatic carbocycles. The second-order valence-corrected chi connectivity index (χ2v) is 9.50. The molecule has 7 nitrogen and oxygen atoms in total. The zero-order chi connectivity index (χ0) is 22.2. The fraction of sp³-hybridized carbons (Fsp3) is 0.680. The van der Waals surface area contributed by atoms with Crippen LogP contribution in [0.5, 0.6) is 0 Å². The van der Waals surface area contributed by atoms with E-state index >= 15 is 0 Å². The third-order valence-corrected chi connectivity index (χ3v) is 7.03. The van der Waals surface area contributed by atoms with Crippen LogP contribution in [0.4, 0.5) is 0 Å².